The van der Waals surface area contributed by atoms with Crippen molar-refractivity contribution in [1.29, 1.82) is 0 Å². The quantitative estimate of drug-likeness (QED) is 0.835. The third-order valence-corrected chi connectivity index (χ3v) is 2.80. The van der Waals surface area contributed by atoms with Gasteiger partial charge in [0.2, 0.25) is 11.8 Å². The lowest BCUT2D eigenvalue weighted by Gasteiger charge is -2.34. The van der Waals surface area contributed by atoms with Crippen molar-refractivity contribution in [3.05, 3.63) is 30.1 Å². The number of carbonyl (C=O) groups excluding carboxylic acids is 2. The Balaban J connectivity index is 2.43. The first-order valence-electron chi connectivity index (χ1n) is 5.49. The van der Waals surface area contributed by atoms with Gasteiger partial charge in [0.1, 0.15) is 11.9 Å². The molecule has 0 aliphatic carbocycles. The maximum Gasteiger partial charge on any atom is 0.247 e. The molecule has 0 radical (unpaired) electrons. The molecule has 17 heavy (non-hydrogen) atoms. The number of para-hydroxylation sites is 1. The third-order valence-electron chi connectivity index (χ3n) is 2.80. The van der Waals surface area contributed by atoms with Crippen molar-refractivity contribution < 1.29 is 14.0 Å². The van der Waals surface area contributed by atoms with Crippen LogP contribution in [0.5, 0.6) is 0 Å². The number of amides is 2. The summed E-state index contributed by atoms with van der Waals surface area (Å²) in [6.45, 7) is 1.71. The predicted molar refractivity (Wildman–Crippen MR) is 61.0 cm³/mol. The first-order valence-corrected chi connectivity index (χ1v) is 5.49. The average molecular weight is 236 g/mol. The second kappa shape index (κ2) is 4.53. The molecule has 1 saturated heterocycles. The van der Waals surface area contributed by atoms with E-state index in [0.717, 1.165) is 0 Å². The van der Waals surface area contributed by atoms with Crippen molar-refractivity contribution in [2.75, 3.05) is 11.4 Å². The van der Waals surface area contributed by atoms with Crippen molar-refractivity contribution in [2.45, 2.75) is 19.4 Å². The van der Waals surface area contributed by atoms with Crippen molar-refractivity contribution in [3.8, 4) is 0 Å². The number of carbonyl (C=O) groups is 2. The first kappa shape index (κ1) is 11.6. The fourth-order valence-corrected chi connectivity index (χ4v) is 1.97. The van der Waals surface area contributed by atoms with Gasteiger partial charge in [0.05, 0.1) is 12.2 Å². The molecular formula is C12H13FN2O2. The van der Waals surface area contributed by atoms with Crippen molar-refractivity contribution in [3.63, 3.8) is 0 Å². The molecule has 1 aliphatic rings. The molecule has 1 heterocycles. The molecule has 4 nitrogen and oxygen atoms in total. The van der Waals surface area contributed by atoms with E-state index in [0.29, 0.717) is 6.42 Å². The van der Waals surface area contributed by atoms with Gasteiger partial charge < -0.3 is 5.32 Å². The Kier molecular flexibility index (Phi) is 3.08. The van der Waals surface area contributed by atoms with Crippen molar-refractivity contribution >= 4 is 17.5 Å². The van der Waals surface area contributed by atoms with Crippen LogP contribution in [-0.2, 0) is 9.59 Å². The second-order valence-corrected chi connectivity index (χ2v) is 3.86. The summed E-state index contributed by atoms with van der Waals surface area (Å²) in [6, 6.07) is 5.35. The van der Waals surface area contributed by atoms with Gasteiger partial charge in [-0.2, -0.15) is 0 Å². The predicted octanol–water partition coefficient (Wildman–Crippen LogP) is 1.07. The molecule has 0 saturated carbocycles. The lowest BCUT2D eigenvalue weighted by atomic mass is 10.1. The van der Waals surface area contributed by atoms with E-state index in [-0.39, 0.29) is 24.0 Å². The van der Waals surface area contributed by atoms with Crippen LogP contribution in [0.4, 0.5) is 10.1 Å². The van der Waals surface area contributed by atoms with Gasteiger partial charge in [-0.15, -0.1) is 0 Å². The Bertz CT molecular complexity index is 462. The van der Waals surface area contributed by atoms with Crippen LogP contribution in [0.25, 0.3) is 0 Å². The molecule has 1 aliphatic heterocycles. The van der Waals surface area contributed by atoms with Gasteiger partial charge in [0.15, 0.2) is 0 Å². The Morgan fingerprint density at radius 2 is 2.12 bits per heavy atom. The monoisotopic (exact) mass is 236 g/mol. The van der Waals surface area contributed by atoms with E-state index in [4.69, 9.17) is 0 Å². The number of piperazine rings is 1. The fraction of sp³-hybridized carbons (Fsp3) is 0.333. The molecule has 0 bridgehead atoms. The standard InChI is InChI=1S/C12H13FN2O2/c1-2-9-12(17)14-7-11(16)15(9)10-6-4-3-5-8(10)13/h3-6,9H,2,7H2,1H3,(H,14,17). The van der Waals surface area contributed by atoms with Crippen LogP contribution in [0.2, 0.25) is 0 Å². The van der Waals surface area contributed by atoms with E-state index in [1.54, 1.807) is 19.1 Å². The number of anilines is 1. The Hall–Kier alpha value is -1.91. The minimum atomic E-state index is -0.631. The number of rotatable bonds is 2. The van der Waals surface area contributed by atoms with Crippen LogP contribution in [0.3, 0.4) is 0 Å². The Morgan fingerprint density at radius 3 is 2.76 bits per heavy atom. The summed E-state index contributed by atoms with van der Waals surface area (Å²) in [6.07, 6.45) is 0.450. The average Bonchev–Trinajstić information content (AvgIpc) is 2.33. The van der Waals surface area contributed by atoms with Gasteiger partial charge in [0, 0.05) is 0 Å². The molecule has 0 spiro atoms. The third kappa shape index (κ3) is 2.00. The van der Waals surface area contributed by atoms with Crippen LogP contribution in [0.1, 0.15) is 13.3 Å². The number of hydrogen-bond donors (Lipinski definition) is 1. The van der Waals surface area contributed by atoms with Gasteiger partial charge in [-0.25, -0.2) is 4.39 Å². The molecule has 1 unspecified atom stereocenters. The van der Waals surface area contributed by atoms with E-state index in [9.17, 15) is 14.0 Å². The largest absolute Gasteiger partial charge is 0.345 e. The van der Waals surface area contributed by atoms with E-state index in [1.165, 1.54) is 17.0 Å². The fourth-order valence-electron chi connectivity index (χ4n) is 1.97. The van der Waals surface area contributed by atoms with E-state index >= 15 is 0 Å². The minimum absolute atomic E-state index is 0.0797. The SMILES string of the molecule is CCC1C(=O)NCC(=O)N1c1ccccc1F. The summed E-state index contributed by atoms with van der Waals surface area (Å²) in [5.41, 5.74) is 0.166. The highest BCUT2D eigenvalue weighted by Crippen LogP contribution is 2.24. The molecule has 1 aromatic rings. The first-order chi connectivity index (χ1) is 8.15. The number of nitrogens with one attached hydrogen (secondary N) is 1. The van der Waals surface area contributed by atoms with Gasteiger partial charge in [0.25, 0.3) is 0 Å². The number of halogens is 1. The second-order valence-electron chi connectivity index (χ2n) is 3.86. The lowest BCUT2D eigenvalue weighted by Crippen LogP contribution is -2.58. The zero-order chi connectivity index (χ0) is 12.4. The summed E-state index contributed by atoms with van der Waals surface area (Å²) < 4.78 is 13.7. The maximum absolute atomic E-state index is 13.7. The molecule has 90 valence electrons. The van der Waals surface area contributed by atoms with Crippen LogP contribution in [0, 0.1) is 5.82 Å². The van der Waals surface area contributed by atoms with Crippen LogP contribution >= 0.6 is 0 Å². The van der Waals surface area contributed by atoms with Gasteiger partial charge in [-0.3, -0.25) is 14.5 Å². The zero-order valence-corrected chi connectivity index (χ0v) is 9.44. The topological polar surface area (TPSA) is 49.4 Å². The van der Waals surface area contributed by atoms with Crippen molar-refractivity contribution in [2.24, 2.45) is 0 Å². The summed E-state index contributed by atoms with van der Waals surface area (Å²) in [4.78, 5) is 24.7. The van der Waals surface area contributed by atoms with Crippen LogP contribution in [0.15, 0.2) is 24.3 Å². The summed E-state index contributed by atoms with van der Waals surface area (Å²) in [7, 11) is 0. The molecule has 1 N–H and O–H groups in total. The maximum atomic E-state index is 13.7. The normalized spacial score (nSPS) is 20.4. The molecule has 2 rings (SSSR count). The Morgan fingerprint density at radius 1 is 1.41 bits per heavy atom. The Labute approximate surface area is 98.4 Å². The lowest BCUT2D eigenvalue weighted by molar-refractivity contribution is -0.131. The van der Waals surface area contributed by atoms with Gasteiger partial charge >= 0.3 is 0 Å². The van der Waals surface area contributed by atoms with Crippen LogP contribution < -0.4 is 10.2 Å². The number of hydrogen-bond acceptors (Lipinski definition) is 2. The highest BCUT2D eigenvalue weighted by atomic mass is 19.1. The molecule has 0 aromatic heterocycles. The summed E-state index contributed by atoms with van der Waals surface area (Å²) in [5, 5.41) is 2.50. The highest BCUT2D eigenvalue weighted by molar-refractivity contribution is 6.06. The molecule has 1 atom stereocenters. The van der Waals surface area contributed by atoms with Gasteiger partial charge in [-0.1, -0.05) is 19.1 Å². The molecular weight excluding hydrogens is 223 g/mol. The minimum Gasteiger partial charge on any atom is -0.345 e. The summed E-state index contributed by atoms with van der Waals surface area (Å²) in [5.74, 6) is -1.02. The smallest absolute Gasteiger partial charge is 0.247 e. The van der Waals surface area contributed by atoms with Gasteiger partial charge in [-0.05, 0) is 18.6 Å². The molecule has 5 heteroatoms. The molecule has 1 fully saturated rings. The van der Waals surface area contributed by atoms with E-state index in [1.807, 2.05) is 0 Å². The number of nitrogens with zero attached hydrogens (tertiary/aromatic N) is 1. The molecule has 1 aromatic carbocycles. The van der Waals surface area contributed by atoms with E-state index < -0.39 is 11.9 Å². The van der Waals surface area contributed by atoms with Crippen LogP contribution in [-0.4, -0.2) is 24.4 Å². The highest BCUT2D eigenvalue weighted by Gasteiger charge is 2.35. The van der Waals surface area contributed by atoms with E-state index in [2.05, 4.69) is 5.32 Å². The van der Waals surface area contributed by atoms with Crippen molar-refractivity contribution in [1.82, 2.24) is 5.32 Å². The summed E-state index contributed by atoms with van der Waals surface area (Å²) >= 11 is 0. The number of benzene rings is 1. The molecule has 2 amide bonds. The zero-order valence-electron chi connectivity index (χ0n) is 9.44.